The molecule has 8 heteroatoms. The van der Waals surface area contributed by atoms with Crippen LogP contribution in [-0.2, 0) is 4.74 Å². The van der Waals surface area contributed by atoms with Crippen molar-refractivity contribution in [2.24, 2.45) is 10.4 Å². The van der Waals surface area contributed by atoms with Crippen LogP contribution in [0.1, 0.15) is 31.1 Å². The van der Waals surface area contributed by atoms with Gasteiger partial charge < -0.3 is 20.7 Å². The highest BCUT2D eigenvalue weighted by Gasteiger charge is 2.24. The van der Waals surface area contributed by atoms with E-state index in [0.717, 1.165) is 4.47 Å². The Kier molecular flexibility index (Phi) is 12.1. The van der Waals surface area contributed by atoms with E-state index in [1.165, 1.54) is 0 Å². The largest absolute Gasteiger partial charge is 0.379 e. The van der Waals surface area contributed by atoms with Gasteiger partial charge in [0.15, 0.2) is 5.96 Å². The smallest absolute Gasteiger partial charge is 0.251 e. The minimum absolute atomic E-state index is 0. The number of guanidine groups is 1. The summed E-state index contributed by atoms with van der Waals surface area (Å²) in [6.07, 6.45) is 0.0716. The molecule has 1 atom stereocenters. The molecule has 1 unspecified atom stereocenters. The van der Waals surface area contributed by atoms with Crippen LogP contribution in [-0.4, -0.2) is 51.8 Å². The molecule has 26 heavy (non-hydrogen) atoms. The van der Waals surface area contributed by atoms with Crippen molar-refractivity contribution in [2.75, 3.05) is 33.8 Å². The van der Waals surface area contributed by atoms with E-state index >= 15 is 0 Å². The van der Waals surface area contributed by atoms with Gasteiger partial charge in [-0.2, -0.15) is 0 Å². The Labute approximate surface area is 182 Å². The summed E-state index contributed by atoms with van der Waals surface area (Å²) in [7, 11) is 3.43. The first kappa shape index (κ1) is 25.1. The van der Waals surface area contributed by atoms with Crippen molar-refractivity contribution in [1.82, 2.24) is 16.0 Å². The average molecular weight is 541 g/mol. The molecule has 0 aliphatic carbocycles. The third kappa shape index (κ3) is 9.18. The van der Waals surface area contributed by atoms with Gasteiger partial charge >= 0.3 is 0 Å². The fourth-order valence-corrected chi connectivity index (χ4v) is 2.64. The van der Waals surface area contributed by atoms with Crippen molar-refractivity contribution >= 4 is 51.8 Å². The van der Waals surface area contributed by atoms with Gasteiger partial charge in [0.2, 0.25) is 0 Å². The Morgan fingerprint density at radius 1 is 1.23 bits per heavy atom. The lowest BCUT2D eigenvalue weighted by atomic mass is 9.89. The molecule has 0 aliphatic rings. The molecule has 148 valence electrons. The van der Waals surface area contributed by atoms with Crippen molar-refractivity contribution in [3.05, 3.63) is 34.3 Å². The number of carbonyl (C=O) groups is 1. The van der Waals surface area contributed by atoms with Gasteiger partial charge in [-0.1, -0.05) is 42.8 Å². The lowest BCUT2D eigenvalue weighted by Gasteiger charge is -2.30. The summed E-state index contributed by atoms with van der Waals surface area (Å²) in [6, 6.07) is 7.30. The van der Waals surface area contributed by atoms with Gasteiger partial charge in [0.25, 0.3) is 5.91 Å². The first-order valence-electron chi connectivity index (χ1n) is 8.29. The molecule has 0 fully saturated rings. The summed E-state index contributed by atoms with van der Waals surface area (Å²) < 4.78 is 6.40. The number of nitrogens with zero attached hydrogens (tertiary/aromatic N) is 1. The Morgan fingerprint density at radius 3 is 2.42 bits per heavy atom. The first-order chi connectivity index (χ1) is 11.8. The average Bonchev–Trinajstić information content (AvgIpc) is 2.55. The van der Waals surface area contributed by atoms with E-state index in [4.69, 9.17) is 4.74 Å². The molecule has 1 aromatic rings. The molecule has 0 spiro atoms. The topological polar surface area (TPSA) is 74.8 Å². The van der Waals surface area contributed by atoms with Crippen LogP contribution in [0.15, 0.2) is 33.7 Å². The Balaban J connectivity index is 0.00000625. The van der Waals surface area contributed by atoms with Crippen LogP contribution >= 0.6 is 39.9 Å². The predicted molar refractivity (Wildman–Crippen MR) is 122 cm³/mol. The number of hydrogen-bond donors (Lipinski definition) is 3. The van der Waals surface area contributed by atoms with Crippen LogP contribution in [0.4, 0.5) is 0 Å². The molecule has 0 saturated heterocycles. The molecule has 1 rings (SSSR count). The molecule has 0 bridgehead atoms. The van der Waals surface area contributed by atoms with Gasteiger partial charge in [-0.3, -0.25) is 9.79 Å². The van der Waals surface area contributed by atoms with Crippen LogP contribution < -0.4 is 16.0 Å². The van der Waals surface area contributed by atoms with Crippen molar-refractivity contribution in [3.63, 3.8) is 0 Å². The van der Waals surface area contributed by atoms with Gasteiger partial charge in [0.1, 0.15) is 0 Å². The van der Waals surface area contributed by atoms with Crippen LogP contribution in [0, 0.1) is 5.41 Å². The van der Waals surface area contributed by atoms with E-state index in [1.54, 1.807) is 26.3 Å². The molecule has 0 saturated carbocycles. The maximum atomic E-state index is 12.1. The predicted octanol–water partition coefficient (Wildman–Crippen LogP) is 3.02. The first-order valence-corrected chi connectivity index (χ1v) is 9.08. The third-order valence-corrected chi connectivity index (χ3v) is 4.21. The molecule has 0 radical (unpaired) electrons. The number of benzene rings is 1. The van der Waals surface area contributed by atoms with Crippen molar-refractivity contribution in [2.45, 2.75) is 26.9 Å². The zero-order valence-electron chi connectivity index (χ0n) is 16.1. The van der Waals surface area contributed by atoms with Crippen molar-refractivity contribution < 1.29 is 9.53 Å². The summed E-state index contributed by atoms with van der Waals surface area (Å²) in [5, 5.41) is 9.30. The van der Waals surface area contributed by atoms with E-state index in [9.17, 15) is 4.79 Å². The highest BCUT2D eigenvalue weighted by molar-refractivity contribution is 14.0. The Hall–Kier alpha value is -0.870. The maximum Gasteiger partial charge on any atom is 0.251 e. The summed E-state index contributed by atoms with van der Waals surface area (Å²) >= 11 is 3.36. The second-order valence-electron chi connectivity index (χ2n) is 6.74. The molecule has 0 heterocycles. The molecular weight excluding hydrogens is 511 g/mol. The van der Waals surface area contributed by atoms with E-state index in [-0.39, 0.29) is 41.4 Å². The van der Waals surface area contributed by atoms with Crippen molar-refractivity contribution in [3.8, 4) is 0 Å². The van der Waals surface area contributed by atoms with Crippen LogP contribution in [0.25, 0.3) is 0 Å². The van der Waals surface area contributed by atoms with Crippen LogP contribution in [0.2, 0.25) is 0 Å². The van der Waals surface area contributed by atoms with Crippen LogP contribution in [0.5, 0.6) is 0 Å². The number of nitrogens with one attached hydrogen (secondary N) is 3. The molecule has 1 amide bonds. The van der Waals surface area contributed by atoms with E-state index in [0.29, 0.717) is 31.2 Å². The molecule has 3 N–H and O–H groups in total. The highest BCUT2D eigenvalue weighted by Crippen LogP contribution is 2.20. The van der Waals surface area contributed by atoms with Gasteiger partial charge in [-0.05, 0) is 23.6 Å². The van der Waals surface area contributed by atoms with Gasteiger partial charge in [0.05, 0.1) is 6.10 Å². The van der Waals surface area contributed by atoms with Gasteiger partial charge in [-0.25, -0.2) is 0 Å². The summed E-state index contributed by atoms with van der Waals surface area (Å²) in [5.41, 5.74) is 0.670. The number of aliphatic imine (C=N–C) groups is 1. The fourth-order valence-electron chi connectivity index (χ4n) is 2.24. The summed E-state index contributed by atoms with van der Waals surface area (Å²) in [6.45, 7) is 8.14. The normalized spacial score (nSPS) is 12.8. The number of rotatable bonds is 7. The fraction of sp³-hybridized carbons (Fsp3) is 0.556. The van der Waals surface area contributed by atoms with Gasteiger partial charge in [-0.15, -0.1) is 24.0 Å². The minimum Gasteiger partial charge on any atom is -0.379 e. The van der Waals surface area contributed by atoms with Gasteiger partial charge in [0, 0.05) is 43.8 Å². The minimum atomic E-state index is -0.0989. The Bertz CT molecular complexity index is 591. The van der Waals surface area contributed by atoms with E-state index in [1.807, 2.05) is 12.1 Å². The SMILES string of the molecule is CN=C(NCCNC(=O)c1cccc(Br)c1)NCC(OC)C(C)(C)C.I. The van der Waals surface area contributed by atoms with Crippen molar-refractivity contribution in [1.29, 1.82) is 0 Å². The Morgan fingerprint density at radius 2 is 1.88 bits per heavy atom. The third-order valence-electron chi connectivity index (χ3n) is 3.72. The second kappa shape index (κ2) is 12.5. The van der Waals surface area contributed by atoms with Crippen LogP contribution in [0.3, 0.4) is 0 Å². The summed E-state index contributed by atoms with van der Waals surface area (Å²) in [4.78, 5) is 16.2. The zero-order valence-corrected chi connectivity index (χ0v) is 20.0. The zero-order chi connectivity index (χ0) is 18.9. The number of carbonyl (C=O) groups excluding carboxylic acids is 1. The van der Waals surface area contributed by atoms with E-state index in [2.05, 4.69) is 57.6 Å². The lowest BCUT2D eigenvalue weighted by molar-refractivity contribution is 0.0205. The number of methoxy groups -OCH3 is 1. The second-order valence-corrected chi connectivity index (χ2v) is 7.65. The number of hydrogen-bond acceptors (Lipinski definition) is 3. The number of ether oxygens (including phenoxy) is 1. The molecule has 1 aromatic carbocycles. The van der Waals surface area contributed by atoms with E-state index < -0.39 is 0 Å². The molecule has 0 aromatic heterocycles. The highest BCUT2D eigenvalue weighted by atomic mass is 127. The standard InChI is InChI=1S/C18H29BrN4O2.HI/c1-18(2,3)15(25-5)12-23-17(20-4)22-10-9-21-16(24)13-7-6-8-14(19)11-13;/h6-8,11,15H,9-10,12H2,1-5H3,(H,21,24)(H2,20,22,23);1H. The molecule has 6 nitrogen and oxygen atoms in total. The number of amides is 1. The monoisotopic (exact) mass is 540 g/mol. The quantitative estimate of drug-likeness (QED) is 0.215. The summed E-state index contributed by atoms with van der Waals surface area (Å²) in [5.74, 6) is 0.584. The molecule has 0 aliphatic heterocycles. The number of halogens is 2. The lowest BCUT2D eigenvalue weighted by Crippen LogP contribution is -2.46. The maximum absolute atomic E-state index is 12.1. The molecular formula is C18H30BrIN4O2.